The summed E-state index contributed by atoms with van der Waals surface area (Å²) in [6.07, 6.45) is 1.58. The third-order valence-electron chi connectivity index (χ3n) is 3.83. The molecule has 0 aromatic heterocycles. The van der Waals surface area contributed by atoms with Crippen molar-refractivity contribution in [2.45, 2.75) is 6.92 Å². The number of hydrogen-bond donors (Lipinski definition) is 0. The molecule has 1 heterocycles. The smallest absolute Gasteiger partial charge is 0.363 e. The van der Waals surface area contributed by atoms with Crippen LogP contribution in [0.5, 0.6) is 5.75 Å². The van der Waals surface area contributed by atoms with Crippen molar-refractivity contribution in [2.75, 3.05) is 7.11 Å². The summed E-state index contributed by atoms with van der Waals surface area (Å²) in [5.41, 5.74) is 1.58. The quantitative estimate of drug-likeness (QED) is 0.324. The summed E-state index contributed by atoms with van der Waals surface area (Å²) in [7, 11) is 1.56. The number of nitrogens with zero attached hydrogens (tertiary/aromatic N) is 2. The first-order chi connectivity index (χ1) is 12.4. The number of ether oxygens (including phenoxy) is 2. The monoisotopic (exact) mass is 416 g/mol. The Morgan fingerprint density at radius 3 is 2.73 bits per heavy atom. The number of cyclic esters (lactones) is 1. The van der Waals surface area contributed by atoms with Crippen molar-refractivity contribution in [3.05, 3.63) is 73.4 Å². The molecule has 0 fully saturated rings. The fourth-order valence-electron chi connectivity index (χ4n) is 2.51. The molecule has 2 aromatic carbocycles. The minimum absolute atomic E-state index is 0.0510. The average Bonchev–Trinajstić information content (AvgIpc) is 2.95. The zero-order chi connectivity index (χ0) is 18.8. The van der Waals surface area contributed by atoms with Crippen LogP contribution in [0.25, 0.3) is 6.08 Å². The van der Waals surface area contributed by atoms with Crippen LogP contribution in [0.3, 0.4) is 0 Å². The second-order valence-corrected chi connectivity index (χ2v) is 6.29. The van der Waals surface area contributed by atoms with Gasteiger partial charge in [-0.05, 0) is 52.7 Å². The first-order valence-electron chi connectivity index (χ1n) is 7.51. The molecule has 0 spiro atoms. The lowest BCUT2D eigenvalue weighted by Gasteiger charge is -2.04. The zero-order valence-electron chi connectivity index (χ0n) is 13.9. The van der Waals surface area contributed by atoms with Crippen molar-refractivity contribution in [1.29, 1.82) is 0 Å². The van der Waals surface area contributed by atoms with Gasteiger partial charge in [0.25, 0.3) is 5.69 Å². The Kier molecular flexibility index (Phi) is 4.85. The lowest BCUT2D eigenvalue weighted by molar-refractivity contribution is -0.385. The third kappa shape index (κ3) is 3.36. The number of methoxy groups -OCH3 is 1. The van der Waals surface area contributed by atoms with Crippen LogP contribution in [-0.4, -0.2) is 23.9 Å². The molecule has 26 heavy (non-hydrogen) atoms. The number of nitro benzene ring substituents is 1. The van der Waals surface area contributed by atoms with Gasteiger partial charge in [0.15, 0.2) is 5.70 Å². The maximum Gasteiger partial charge on any atom is 0.363 e. The summed E-state index contributed by atoms with van der Waals surface area (Å²) in [5, 5.41) is 11.1. The van der Waals surface area contributed by atoms with Gasteiger partial charge in [0.2, 0.25) is 5.90 Å². The van der Waals surface area contributed by atoms with Crippen molar-refractivity contribution in [3.63, 3.8) is 0 Å². The van der Waals surface area contributed by atoms with Crippen molar-refractivity contribution in [1.82, 2.24) is 0 Å². The van der Waals surface area contributed by atoms with Gasteiger partial charge in [-0.1, -0.05) is 12.1 Å². The maximum atomic E-state index is 12.1. The molecule has 0 unspecified atom stereocenters. The molecule has 3 rings (SSSR count). The SMILES string of the molecule is COc1ccc(/C=C2\N=C(c3cccc([N+](=O)[O-])c3C)OC2=O)cc1Br. The van der Waals surface area contributed by atoms with E-state index in [0.29, 0.717) is 16.9 Å². The minimum Gasteiger partial charge on any atom is -0.496 e. The first kappa shape index (κ1) is 17.8. The predicted molar refractivity (Wildman–Crippen MR) is 99.1 cm³/mol. The van der Waals surface area contributed by atoms with Crippen LogP contribution in [0.2, 0.25) is 0 Å². The molecule has 1 aliphatic heterocycles. The average molecular weight is 417 g/mol. The standard InChI is InChI=1S/C18H13BrN2O5/c1-10-12(4-3-5-15(10)21(23)24)17-20-14(18(22)26-17)9-11-6-7-16(25-2)13(19)8-11/h3-9H,1-2H3/b14-9-. The molecule has 0 N–H and O–H groups in total. The van der Waals surface area contributed by atoms with E-state index in [1.807, 2.05) is 0 Å². The number of esters is 1. The van der Waals surface area contributed by atoms with E-state index in [2.05, 4.69) is 20.9 Å². The third-order valence-corrected chi connectivity index (χ3v) is 4.45. The Balaban J connectivity index is 1.99. The number of nitro groups is 1. The van der Waals surface area contributed by atoms with Crippen LogP contribution in [0.15, 0.2) is 51.6 Å². The molecule has 0 saturated heterocycles. The number of benzene rings is 2. The largest absolute Gasteiger partial charge is 0.496 e. The predicted octanol–water partition coefficient (Wildman–Crippen LogP) is 4.02. The molecule has 2 aromatic rings. The number of carbonyl (C=O) groups is 1. The van der Waals surface area contributed by atoms with Crippen molar-refractivity contribution < 1.29 is 19.2 Å². The number of rotatable bonds is 4. The first-order valence-corrected chi connectivity index (χ1v) is 8.30. The van der Waals surface area contributed by atoms with E-state index < -0.39 is 10.9 Å². The Hall–Kier alpha value is -3.00. The Bertz CT molecular complexity index is 982. The summed E-state index contributed by atoms with van der Waals surface area (Å²) in [6, 6.07) is 9.86. The molecule has 7 nitrogen and oxygen atoms in total. The topological polar surface area (TPSA) is 91.0 Å². The van der Waals surface area contributed by atoms with E-state index in [4.69, 9.17) is 9.47 Å². The van der Waals surface area contributed by atoms with Gasteiger partial charge in [-0.15, -0.1) is 0 Å². The molecular formula is C18H13BrN2O5. The summed E-state index contributed by atoms with van der Waals surface area (Å²) in [5.74, 6) is 0.102. The van der Waals surface area contributed by atoms with Gasteiger partial charge in [0.1, 0.15) is 5.75 Å². The van der Waals surface area contributed by atoms with Gasteiger partial charge in [-0.2, -0.15) is 0 Å². The van der Waals surface area contributed by atoms with Crippen LogP contribution in [0, 0.1) is 17.0 Å². The normalized spacial score (nSPS) is 15.0. The van der Waals surface area contributed by atoms with Gasteiger partial charge in [-0.25, -0.2) is 9.79 Å². The Morgan fingerprint density at radius 2 is 2.08 bits per heavy atom. The fourth-order valence-corrected chi connectivity index (χ4v) is 3.07. The summed E-state index contributed by atoms with van der Waals surface area (Å²) in [6.45, 7) is 1.59. The molecule has 1 aliphatic rings. The highest BCUT2D eigenvalue weighted by Crippen LogP contribution is 2.29. The molecular weight excluding hydrogens is 404 g/mol. The highest BCUT2D eigenvalue weighted by Gasteiger charge is 2.27. The van der Waals surface area contributed by atoms with Crippen molar-refractivity contribution in [2.24, 2.45) is 4.99 Å². The van der Waals surface area contributed by atoms with Crippen LogP contribution in [0.4, 0.5) is 5.69 Å². The van der Waals surface area contributed by atoms with E-state index >= 15 is 0 Å². The maximum absolute atomic E-state index is 12.1. The lowest BCUT2D eigenvalue weighted by Crippen LogP contribution is -2.08. The molecule has 8 heteroatoms. The van der Waals surface area contributed by atoms with E-state index in [9.17, 15) is 14.9 Å². The second kappa shape index (κ2) is 7.09. The highest BCUT2D eigenvalue weighted by molar-refractivity contribution is 9.10. The van der Waals surface area contributed by atoms with E-state index in [-0.39, 0.29) is 17.3 Å². The van der Waals surface area contributed by atoms with E-state index in [0.717, 1.165) is 10.0 Å². The number of carbonyl (C=O) groups excluding carboxylic acids is 1. The van der Waals surface area contributed by atoms with Gasteiger partial charge in [-0.3, -0.25) is 10.1 Å². The molecule has 0 aliphatic carbocycles. The van der Waals surface area contributed by atoms with Gasteiger partial charge in [0, 0.05) is 17.2 Å². The second-order valence-electron chi connectivity index (χ2n) is 5.44. The van der Waals surface area contributed by atoms with Crippen LogP contribution in [-0.2, 0) is 9.53 Å². The van der Waals surface area contributed by atoms with Crippen molar-refractivity contribution >= 4 is 39.6 Å². The summed E-state index contributed by atoms with van der Waals surface area (Å²) >= 11 is 3.38. The number of hydrogen-bond acceptors (Lipinski definition) is 6. The number of halogens is 1. The highest BCUT2D eigenvalue weighted by atomic mass is 79.9. The van der Waals surface area contributed by atoms with Gasteiger partial charge < -0.3 is 9.47 Å². The van der Waals surface area contributed by atoms with Crippen LogP contribution >= 0.6 is 15.9 Å². The van der Waals surface area contributed by atoms with Gasteiger partial charge in [0.05, 0.1) is 16.5 Å². The van der Waals surface area contributed by atoms with E-state index in [1.54, 1.807) is 44.4 Å². The fraction of sp³-hybridized carbons (Fsp3) is 0.111. The Labute approximate surface area is 157 Å². The summed E-state index contributed by atoms with van der Waals surface area (Å²) in [4.78, 5) is 26.9. The lowest BCUT2D eigenvalue weighted by atomic mass is 10.1. The molecule has 0 bridgehead atoms. The molecule has 132 valence electrons. The summed E-state index contributed by atoms with van der Waals surface area (Å²) < 4.78 is 11.1. The minimum atomic E-state index is -0.613. The van der Waals surface area contributed by atoms with Crippen molar-refractivity contribution in [3.8, 4) is 5.75 Å². The Morgan fingerprint density at radius 1 is 1.31 bits per heavy atom. The zero-order valence-corrected chi connectivity index (χ0v) is 15.4. The van der Waals surface area contributed by atoms with Gasteiger partial charge >= 0.3 is 5.97 Å². The number of aliphatic imine (C=N–C) groups is 1. The van der Waals surface area contributed by atoms with Crippen LogP contribution < -0.4 is 4.74 Å². The van der Waals surface area contributed by atoms with E-state index in [1.165, 1.54) is 12.1 Å². The molecule has 0 saturated carbocycles. The molecule has 0 atom stereocenters. The molecule has 0 radical (unpaired) electrons. The molecule has 0 amide bonds. The van der Waals surface area contributed by atoms with Crippen LogP contribution in [0.1, 0.15) is 16.7 Å².